The molecule has 4 aromatic carbocycles. The van der Waals surface area contributed by atoms with Crippen molar-refractivity contribution < 1.29 is 31.2 Å². The Kier molecular flexibility index (Phi) is 11.8. The van der Waals surface area contributed by atoms with Gasteiger partial charge in [-0.15, -0.1) is 0 Å². The van der Waals surface area contributed by atoms with E-state index in [-0.39, 0.29) is 36.8 Å². The Morgan fingerprint density at radius 1 is 0.589 bits per heavy atom. The van der Waals surface area contributed by atoms with E-state index in [1.807, 2.05) is 0 Å². The summed E-state index contributed by atoms with van der Waals surface area (Å²) in [5, 5.41) is 0. The Balaban J connectivity index is 0.000000214. The highest BCUT2D eigenvalue weighted by molar-refractivity contribution is 7.92. The van der Waals surface area contributed by atoms with E-state index >= 15 is 0 Å². The van der Waals surface area contributed by atoms with Crippen LogP contribution in [0.15, 0.2) is 94.5 Å². The molecule has 16 nitrogen and oxygen atoms in total. The third-order valence-electron chi connectivity index (χ3n) is 9.38. The minimum absolute atomic E-state index is 0.0787. The smallest absolute Gasteiger partial charge is 0.337 e. The van der Waals surface area contributed by atoms with Crippen LogP contribution in [-0.2, 0) is 66.1 Å². The molecule has 6 rings (SSSR count). The lowest BCUT2D eigenvalue weighted by molar-refractivity contribution is 0.0600. The number of aromatic nitrogens is 4. The summed E-state index contributed by atoms with van der Waals surface area (Å²) < 4.78 is 62.9. The topological polar surface area (TPSA) is 198 Å². The molecule has 0 amide bonds. The summed E-state index contributed by atoms with van der Waals surface area (Å²) in [6.07, 6.45) is 2.26. The lowest BCUT2D eigenvalue weighted by Crippen LogP contribution is -2.29. The molecule has 0 saturated heterocycles. The standard InChI is InChI=1S/C19H22N4O4S.C19H21N3O5S/c1-21-16-9-8-15(10-17(16)22(2)19(21)25)23(28(3,26)27)12-13-4-6-14(7-5-13)18(24)11-20;1-20-16-10-9-15(11-17(16)21(2)19(20)24)22(28(4,25)26)12-13-5-7-14(8-6-13)18(23)27-3/h4-10H,11-12,20H2,1-3H3;5-11H,12H2,1-4H3. The van der Waals surface area contributed by atoms with Gasteiger partial charge in [0.2, 0.25) is 20.0 Å². The number of ketones is 1. The molecule has 0 aliphatic rings. The van der Waals surface area contributed by atoms with Crippen molar-refractivity contribution in [3.63, 3.8) is 0 Å². The number of carbonyl (C=O) groups excluding carboxylic acids is 2. The van der Waals surface area contributed by atoms with Crippen LogP contribution in [-0.4, -0.2) is 73.0 Å². The number of nitrogens with zero attached hydrogens (tertiary/aromatic N) is 6. The summed E-state index contributed by atoms with van der Waals surface area (Å²) in [6.45, 7) is 0.111. The summed E-state index contributed by atoms with van der Waals surface area (Å²) in [4.78, 5) is 47.5. The van der Waals surface area contributed by atoms with Gasteiger partial charge in [0, 0.05) is 33.8 Å². The number of sulfonamides is 2. The van der Waals surface area contributed by atoms with Crippen molar-refractivity contribution in [1.29, 1.82) is 0 Å². The number of carbonyl (C=O) groups is 2. The van der Waals surface area contributed by atoms with Crippen molar-refractivity contribution in [3.8, 4) is 0 Å². The predicted octanol–water partition coefficient (Wildman–Crippen LogP) is 2.61. The molecule has 0 saturated carbocycles. The first kappa shape index (κ1) is 41.2. The van der Waals surface area contributed by atoms with Crippen LogP contribution in [0.2, 0.25) is 0 Å². The first-order valence-electron chi connectivity index (χ1n) is 17.0. The van der Waals surface area contributed by atoms with Crippen molar-refractivity contribution in [3.05, 3.63) is 128 Å². The minimum atomic E-state index is -3.58. The second-order valence-corrected chi connectivity index (χ2v) is 17.0. The minimum Gasteiger partial charge on any atom is -0.465 e. The Hall–Kier alpha value is -5.98. The van der Waals surface area contributed by atoms with Gasteiger partial charge in [0.05, 0.1) is 78.3 Å². The van der Waals surface area contributed by atoms with Crippen molar-refractivity contribution >= 4 is 65.2 Å². The van der Waals surface area contributed by atoms with Crippen LogP contribution in [0.25, 0.3) is 22.1 Å². The van der Waals surface area contributed by atoms with Crippen LogP contribution >= 0.6 is 0 Å². The van der Waals surface area contributed by atoms with Crippen molar-refractivity contribution in [2.45, 2.75) is 13.1 Å². The summed E-state index contributed by atoms with van der Waals surface area (Å²) >= 11 is 0. The predicted molar refractivity (Wildman–Crippen MR) is 216 cm³/mol. The molecule has 0 aliphatic heterocycles. The van der Waals surface area contributed by atoms with Gasteiger partial charge in [-0.25, -0.2) is 31.2 Å². The largest absolute Gasteiger partial charge is 0.465 e. The Labute approximate surface area is 323 Å². The van der Waals surface area contributed by atoms with Crippen molar-refractivity contribution in [1.82, 2.24) is 18.3 Å². The number of aryl methyl sites for hydroxylation is 4. The normalized spacial score (nSPS) is 11.6. The summed E-state index contributed by atoms with van der Waals surface area (Å²) in [7, 11) is 0.762. The van der Waals surface area contributed by atoms with E-state index in [1.165, 1.54) is 34.0 Å². The van der Waals surface area contributed by atoms with E-state index in [0.29, 0.717) is 50.1 Å². The lowest BCUT2D eigenvalue weighted by Gasteiger charge is -2.23. The summed E-state index contributed by atoms with van der Waals surface area (Å²) in [5.41, 5.74) is 10.9. The van der Waals surface area contributed by atoms with E-state index in [4.69, 9.17) is 5.73 Å². The molecule has 0 radical (unpaired) electrons. The Bertz CT molecular complexity index is 2610. The van der Waals surface area contributed by atoms with Crippen LogP contribution in [0.4, 0.5) is 11.4 Å². The molecule has 2 aromatic heterocycles. The number of anilines is 2. The average Bonchev–Trinajstić information content (AvgIpc) is 3.52. The highest BCUT2D eigenvalue weighted by atomic mass is 32.2. The van der Waals surface area contributed by atoms with E-state index in [9.17, 15) is 36.0 Å². The number of rotatable bonds is 11. The average molecular weight is 806 g/mol. The number of esters is 1. The zero-order valence-electron chi connectivity index (χ0n) is 32.0. The number of methoxy groups -OCH3 is 1. The van der Waals surface area contributed by atoms with Gasteiger partial charge in [-0.05, 0) is 59.7 Å². The second-order valence-electron chi connectivity index (χ2n) is 13.2. The molecule has 2 N–H and O–H groups in total. The monoisotopic (exact) mass is 805 g/mol. The third-order valence-corrected chi connectivity index (χ3v) is 11.7. The summed E-state index contributed by atoms with van der Waals surface area (Å²) in [6, 6.07) is 23.4. The fourth-order valence-corrected chi connectivity index (χ4v) is 7.97. The molecule has 296 valence electrons. The molecule has 0 aliphatic carbocycles. The zero-order chi connectivity index (χ0) is 41.3. The third kappa shape index (κ3) is 8.46. The van der Waals surface area contributed by atoms with Gasteiger partial charge in [0.15, 0.2) is 5.78 Å². The molecular weight excluding hydrogens is 763 g/mol. The van der Waals surface area contributed by atoms with Crippen LogP contribution < -0.4 is 25.7 Å². The molecular formula is C38H43N7O9S2. The van der Waals surface area contributed by atoms with Gasteiger partial charge < -0.3 is 10.5 Å². The van der Waals surface area contributed by atoms with Crippen molar-refractivity contribution in [2.75, 3.05) is 34.8 Å². The maximum atomic E-state index is 12.4. The molecule has 0 bridgehead atoms. The molecule has 6 aromatic rings. The zero-order valence-corrected chi connectivity index (χ0v) is 33.6. The first-order chi connectivity index (χ1) is 26.3. The first-order valence-corrected chi connectivity index (χ1v) is 20.7. The molecule has 18 heteroatoms. The molecule has 0 fully saturated rings. The molecule has 0 spiro atoms. The molecule has 56 heavy (non-hydrogen) atoms. The number of Topliss-reactive ketones (excluding diaryl/α,β-unsaturated/α-hetero) is 1. The maximum absolute atomic E-state index is 12.4. The second kappa shape index (κ2) is 16.0. The van der Waals surface area contributed by atoms with E-state index < -0.39 is 26.0 Å². The molecule has 0 unspecified atom stereocenters. The molecule has 2 heterocycles. The highest BCUT2D eigenvalue weighted by Gasteiger charge is 2.22. The van der Waals surface area contributed by atoms with Gasteiger partial charge in [-0.3, -0.25) is 31.7 Å². The van der Waals surface area contributed by atoms with Crippen LogP contribution in [0.3, 0.4) is 0 Å². The van der Waals surface area contributed by atoms with Gasteiger partial charge in [-0.1, -0.05) is 36.4 Å². The van der Waals surface area contributed by atoms with E-state index in [1.54, 1.807) is 113 Å². The van der Waals surface area contributed by atoms with Gasteiger partial charge >= 0.3 is 17.3 Å². The number of imidazole rings is 2. The van der Waals surface area contributed by atoms with Gasteiger partial charge in [-0.2, -0.15) is 0 Å². The van der Waals surface area contributed by atoms with E-state index in [2.05, 4.69) is 4.74 Å². The fraction of sp³-hybridized carbons (Fsp3) is 0.263. The van der Waals surface area contributed by atoms with Crippen LogP contribution in [0, 0.1) is 0 Å². The SMILES string of the molecule is COC(=O)c1ccc(CN(c2ccc3c(c2)n(C)c(=O)n3C)S(C)(=O)=O)cc1.Cn1c(=O)n(C)c2cc(N(Cc3ccc(C(=O)CN)cc3)S(C)(=O)=O)ccc21. The number of hydrogen-bond acceptors (Lipinski definition) is 10. The number of hydrogen-bond donors (Lipinski definition) is 1. The van der Waals surface area contributed by atoms with Crippen LogP contribution in [0.5, 0.6) is 0 Å². The van der Waals surface area contributed by atoms with Crippen molar-refractivity contribution in [2.24, 2.45) is 33.9 Å². The number of nitrogens with two attached hydrogens (primary N) is 1. The quantitative estimate of drug-likeness (QED) is 0.150. The Morgan fingerprint density at radius 3 is 1.29 bits per heavy atom. The Morgan fingerprint density at radius 2 is 0.946 bits per heavy atom. The number of ether oxygens (including phenoxy) is 1. The van der Waals surface area contributed by atoms with Crippen LogP contribution in [0.1, 0.15) is 31.8 Å². The number of benzene rings is 4. The maximum Gasteiger partial charge on any atom is 0.337 e. The summed E-state index contributed by atoms with van der Waals surface area (Å²) in [5.74, 6) is -0.635. The van der Waals surface area contributed by atoms with E-state index in [0.717, 1.165) is 18.1 Å². The van der Waals surface area contributed by atoms with Gasteiger partial charge in [0.1, 0.15) is 0 Å². The number of fused-ring (bicyclic) bond motifs is 2. The highest BCUT2D eigenvalue weighted by Crippen LogP contribution is 2.27. The lowest BCUT2D eigenvalue weighted by atomic mass is 10.1. The molecule has 0 atom stereocenters. The fourth-order valence-electron chi connectivity index (χ4n) is 6.21. The van der Waals surface area contributed by atoms with Gasteiger partial charge in [0.25, 0.3) is 0 Å².